The molecule has 1 atom stereocenters. The molecule has 1 heterocycles. The summed E-state index contributed by atoms with van der Waals surface area (Å²) in [7, 11) is 2.22. The minimum absolute atomic E-state index is 0.637. The Hall–Kier alpha value is -0.0800. The van der Waals surface area contributed by atoms with Gasteiger partial charge in [-0.15, -0.1) is 0 Å². The number of rotatable bonds is 3. The van der Waals surface area contributed by atoms with E-state index >= 15 is 0 Å². The van der Waals surface area contributed by atoms with Crippen molar-refractivity contribution in [1.82, 2.24) is 10.2 Å². The molecule has 1 N–H and O–H groups in total. The Morgan fingerprint density at radius 2 is 1.86 bits per heavy atom. The maximum Gasteiger partial charge on any atom is 0.00915 e. The van der Waals surface area contributed by atoms with Crippen LogP contribution in [-0.4, -0.2) is 37.6 Å². The fraction of sp³-hybridized carbons (Fsp3) is 1.00. The van der Waals surface area contributed by atoms with Gasteiger partial charge in [-0.25, -0.2) is 0 Å². The van der Waals surface area contributed by atoms with Crippen molar-refractivity contribution < 1.29 is 0 Å². The second-order valence-corrected chi connectivity index (χ2v) is 5.88. The lowest BCUT2D eigenvalue weighted by atomic mass is 10.0. The van der Waals surface area contributed by atoms with Crippen molar-refractivity contribution in [3.05, 3.63) is 0 Å². The van der Waals surface area contributed by atoms with Crippen LogP contribution >= 0.6 is 0 Å². The van der Waals surface area contributed by atoms with E-state index in [-0.39, 0.29) is 0 Å². The maximum atomic E-state index is 3.73. The van der Waals surface area contributed by atoms with E-state index in [1.54, 1.807) is 0 Å². The van der Waals surface area contributed by atoms with Crippen LogP contribution in [0.4, 0.5) is 0 Å². The molecule has 2 aliphatic rings. The van der Waals surface area contributed by atoms with Crippen LogP contribution in [0, 0.1) is 11.3 Å². The molecular formula is C12H24N2. The Morgan fingerprint density at radius 3 is 2.36 bits per heavy atom. The lowest BCUT2D eigenvalue weighted by Gasteiger charge is -2.29. The Labute approximate surface area is 88.1 Å². The SMILES string of the molecule is CN1CCC(NCC2CC2(C)C)CC1. The Bertz CT molecular complexity index is 192. The van der Waals surface area contributed by atoms with Crippen LogP contribution in [0.2, 0.25) is 0 Å². The third-order valence-electron chi connectivity index (χ3n) is 4.09. The first-order valence-electron chi connectivity index (χ1n) is 6.00. The summed E-state index contributed by atoms with van der Waals surface area (Å²) in [6.07, 6.45) is 4.10. The number of nitrogens with zero attached hydrogens (tertiary/aromatic N) is 1. The lowest BCUT2D eigenvalue weighted by molar-refractivity contribution is 0.232. The maximum absolute atomic E-state index is 3.73. The standard InChI is InChI=1S/C12H24N2/c1-12(2)8-10(12)9-13-11-4-6-14(3)7-5-11/h10-11,13H,4-9H2,1-3H3. The fourth-order valence-corrected chi connectivity index (χ4v) is 2.45. The van der Waals surface area contributed by atoms with E-state index in [4.69, 9.17) is 0 Å². The van der Waals surface area contributed by atoms with Crippen molar-refractivity contribution in [3.63, 3.8) is 0 Å². The highest BCUT2D eigenvalue weighted by molar-refractivity contribution is 4.96. The molecule has 0 aromatic heterocycles. The molecule has 1 unspecified atom stereocenters. The summed E-state index contributed by atoms with van der Waals surface area (Å²) in [4.78, 5) is 2.43. The molecule has 1 aliphatic heterocycles. The van der Waals surface area contributed by atoms with Gasteiger partial charge in [-0.05, 0) is 57.3 Å². The lowest BCUT2D eigenvalue weighted by Crippen LogP contribution is -2.41. The highest BCUT2D eigenvalue weighted by atomic mass is 15.1. The van der Waals surface area contributed by atoms with Crippen molar-refractivity contribution in [2.24, 2.45) is 11.3 Å². The molecule has 2 heteroatoms. The second-order valence-electron chi connectivity index (χ2n) is 5.88. The predicted molar refractivity (Wildman–Crippen MR) is 60.4 cm³/mol. The zero-order valence-corrected chi connectivity index (χ0v) is 9.84. The molecule has 0 aromatic carbocycles. The fourth-order valence-electron chi connectivity index (χ4n) is 2.45. The summed E-state index contributed by atoms with van der Waals surface area (Å²) >= 11 is 0. The molecule has 2 rings (SSSR count). The zero-order chi connectivity index (χ0) is 10.2. The topological polar surface area (TPSA) is 15.3 Å². The first-order valence-corrected chi connectivity index (χ1v) is 6.00. The number of likely N-dealkylation sites (tertiary alicyclic amines) is 1. The molecular weight excluding hydrogens is 172 g/mol. The monoisotopic (exact) mass is 196 g/mol. The van der Waals surface area contributed by atoms with Crippen LogP contribution in [0.3, 0.4) is 0 Å². The third kappa shape index (κ3) is 2.48. The van der Waals surface area contributed by atoms with E-state index in [0.29, 0.717) is 5.41 Å². The molecule has 0 aromatic rings. The minimum Gasteiger partial charge on any atom is -0.314 e. The summed E-state index contributed by atoms with van der Waals surface area (Å²) in [6.45, 7) is 8.56. The zero-order valence-electron chi connectivity index (χ0n) is 9.84. The number of hydrogen-bond donors (Lipinski definition) is 1. The summed E-state index contributed by atoms with van der Waals surface area (Å²) in [5, 5.41) is 3.73. The summed E-state index contributed by atoms with van der Waals surface area (Å²) in [5.74, 6) is 0.946. The molecule has 0 spiro atoms. The number of hydrogen-bond acceptors (Lipinski definition) is 2. The highest BCUT2D eigenvalue weighted by Crippen LogP contribution is 2.51. The van der Waals surface area contributed by atoms with Crippen molar-refractivity contribution in [2.75, 3.05) is 26.7 Å². The number of piperidine rings is 1. The predicted octanol–water partition coefficient (Wildman–Crippen LogP) is 1.72. The van der Waals surface area contributed by atoms with Gasteiger partial charge < -0.3 is 10.2 Å². The summed E-state index contributed by atoms with van der Waals surface area (Å²) in [5.41, 5.74) is 0.637. The van der Waals surface area contributed by atoms with Crippen LogP contribution in [0.1, 0.15) is 33.1 Å². The van der Waals surface area contributed by atoms with E-state index in [0.717, 1.165) is 12.0 Å². The third-order valence-corrected chi connectivity index (χ3v) is 4.09. The molecule has 1 saturated carbocycles. The smallest absolute Gasteiger partial charge is 0.00915 e. The quantitative estimate of drug-likeness (QED) is 0.739. The molecule has 2 nitrogen and oxygen atoms in total. The minimum atomic E-state index is 0.637. The van der Waals surface area contributed by atoms with Gasteiger partial charge in [0, 0.05) is 6.04 Å². The van der Waals surface area contributed by atoms with Gasteiger partial charge in [-0.2, -0.15) is 0 Å². The Kier molecular flexibility index (Phi) is 2.85. The van der Waals surface area contributed by atoms with Crippen LogP contribution in [-0.2, 0) is 0 Å². The normalized spacial score (nSPS) is 33.2. The largest absolute Gasteiger partial charge is 0.314 e. The average molecular weight is 196 g/mol. The van der Waals surface area contributed by atoms with Gasteiger partial charge in [0.15, 0.2) is 0 Å². The van der Waals surface area contributed by atoms with Gasteiger partial charge >= 0.3 is 0 Å². The van der Waals surface area contributed by atoms with Crippen LogP contribution in [0.25, 0.3) is 0 Å². The number of nitrogens with one attached hydrogen (secondary N) is 1. The average Bonchev–Trinajstić information content (AvgIpc) is 2.73. The van der Waals surface area contributed by atoms with Crippen LogP contribution in [0.5, 0.6) is 0 Å². The summed E-state index contributed by atoms with van der Waals surface area (Å²) < 4.78 is 0. The first kappa shape index (κ1) is 10.4. The van der Waals surface area contributed by atoms with Crippen molar-refractivity contribution >= 4 is 0 Å². The van der Waals surface area contributed by atoms with Crippen LogP contribution < -0.4 is 5.32 Å². The highest BCUT2D eigenvalue weighted by Gasteiger charge is 2.45. The van der Waals surface area contributed by atoms with E-state index in [9.17, 15) is 0 Å². The van der Waals surface area contributed by atoms with E-state index in [1.807, 2.05) is 0 Å². The van der Waals surface area contributed by atoms with Gasteiger partial charge in [0.2, 0.25) is 0 Å². The molecule has 0 bridgehead atoms. The van der Waals surface area contributed by atoms with Crippen molar-refractivity contribution in [3.8, 4) is 0 Å². The second kappa shape index (κ2) is 3.82. The van der Waals surface area contributed by atoms with Gasteiger partial charge in [0.05, 0.1) is 0 Å². The Balaban J connectivity index is 1.62. The molecule has 1 aliphatic carbocycles. The molecule has 2 fully saturated rings. The Morgan fingerprint density at radius 1 is 1.29 bits per heavy atom. The van der Waals surface area contributed by atoms with Gasteiger partial charge in [0.25, 0.3) is 0 Å². The molecule has 82 valence electrons. The molecule has 0 amide bonds. The molecule has 14 heavy (non-hydrogen) atoms. The first-order chi connectivity index (χ1) is 6.58. The van der Waals surface area contributed by atoms with E-state index in [2.05, 4.69) is 31.1 Å². The van der Waals surface area contributed by atoms with E-state index < -0.39 is 0 Å². The molecule has 0 radical (unpaired) electrons. The van der Waals surface area contributed by atoms with Crippen LogP contribution in [0.15, 0.2) is 0 Å². The van der Waals surface area contributed by atoms with E-state index in [1.165, 1.54) is 38.9 Å². The van der Waals surface area contributed by atoms with Crippen molar-refractivity contribution in [2.45, 2.75) is 39.2 Å². The van der Waals surface area contributed by atoms with Gasteiger partial charge in [0.1, 0.15) is 0 Å². The van der Waals surface area contributed by atoms with Gasteiger partial charge in [-0.3, -0.25) is 0 Å². The van der Waals surface area contributed by atoms with Gasteiger partial charge in [-0.1, -0.05) is 13.8 Å². The summed E-state index contributed by atoms with van der Waals surface area (Å²) in [6, 6.07) is 0.794. The molecule has 1 saturated heterocycles. The van der Waals surface area contributed by atoms with Crippen molar-refractivity contribution in [1.29, 1.82) is 0 Å².